The minimum Gasteiger partial charge on any atom is -0.495 e. The average Bonchev–Trinajstić information content (AvgIpc) is 2.43. The first-order valence-electron chi connectivity index (χ1n) is 4.45. The predicted molar refractivity (Wildman–Crippen MR) is 59.7 cm³/mol. The fraction of sp³-hybridized carbons (Fsp3) is 0.300. The second-order valence-corrected chi connectivity index (χ2v) is 3.78. The molecular weight excluding hydrogens is 216 g/mol. The number of nitrogens with zero attached hydrogens (tertiary/aromatic N) is 2. The number of methoxy groups -OCH3 is 1. The number of fused-ring (bicyclic) bond motifs is 1. The van der Waals surface area contributed by atoms with Gasteiger partial charge in [-0.05, 0) is 6.07 Å². The maximum Gasteiger partial charge on any atom is 0.328 e. The zero-order valence-electron chi connectivity index (χ0n) is 8.74. The molecule has 2 rings (SSSR count). The van der Waals surface area contributed by atoms with Crippen LogP contribution in [-0.4, -0.2) is 16.2 Å². The summed E-state index contributed by atoms with van der Waals surface area (Å²) in [4.78, 5) is 11.6. The SMILES string of the molecule is COc1cc2c(cc1Cl)n(C)c(=O)n2C. The van der Waals surface area contributed by atoms with Crippen LogP contribution in [0.25, 0.3) is 11.0 Å². The van der Waals surface area contributed by atoms with Crippen LogP contribution in [0, 0.1) is 0 Å². The van der Waals surface area contributed by atoms with Gasteiger partial charge in [-0.3, -0.25) is 9.13 Å². The van der Waals surface area contributed by atoms with Crippen molar-refractivity contribution < 1.29 is 4.74 Å². The minimum atomic E-state index is -0.0747. The van der Waals surface area contributed by atoms with Crippen molar-refractivity contribution in [3.8, 4) is 5.75 Å². The summed E-state index contributed by atoms with van der Waals surface area (Å²) in [6.45, 7) is 0. The van der Waals surface area contributed by atoms with E-state index < -0.39 is 0 Å². The Kier molecular flexibility index (Phi) is 2.23. The molecule has 2 aromatic rings. The Labute approximate surface area is 91.6 Å². The van der Waals surface area contributed by atoms with Crippen LogP contribution in [0.5, 0.6) is 5.75 Å². The van der Waals surface area contributed by atoms with Gasteiger partial charge in [0, 0.05) is 20.2 Å². The molecule has 15 heavy (non-hydrogen) atoms. The molecule has 1 aromatic heterocycles. The van der Waals surface area contributed by atoms with Crippen molar-refractivity contribution in [2.45, 2.75) is 0 Å². The van der Waals surface area contributed by atoms with E-state index in [0.717, 1.165) is 11.0 Å². The smallest absolute Gasteiger partial charge is 0.328 e. The van der Waals surface area contributed by atoms with Crippen molar-refractivity contribution in [2.24, 2.45) is 14.1 Å². The third-order valence-electron chi connectivity index (χ3n) is 2.55. The van der Waals surface area contributed by atoms with Crippen LogP contribution >= 0.6 is 11.6 Å². The summed E-state index contributed by atoms with van der Waals surface area (Å²) in [6.07, 6.45) is 0. The van der Waals surface area contributed by atoms with Crippen molar-refractivity contribution in [3.05, 3.63) is 27.6 Å². The lowest BCUT2D eigenvalue weighted by molar-refractivity contribution is 0.415. The van der Waals surface area contributed by atoms with E-state index in [2.05, 4.69) is 0 Å². The highest BCUT2D eigenvalue weighted by molar-refractivity contribution is 6.32. The van der Waals surface area contributed by atoms with Crippen LogP contribution in [0.2, 0.25) is 5.02 Å². The van der Waals surface area contributed by atoms with Gasteiger partial charge in [0.25, 0.3) is 0 Å². The number of aryl methyl sites for hydroxylation is 2. The largest absolute Gasteiger partial charge is 0.495 e. The van der Waals surface area contributed by atoms with Gasteiger partial charge in [-0.25, -0.2) is 4.79 Å². The third-order valence-corrected chi connectivity index (χ3v) is 2.84. The molecule has 0 atom stereocenters. The highest BCUT2D eigenvalue weighted by atomic mass is 35.5. The molecule has 80 valence electrons. The van der Waals surface area contributed by atoms with Crippen LogP contribution in [0.4, 0.5) is 0 Å². The van der Waals surface area contributed by atoms with Gasteiger partial charge in [0.2, 0.25) is 0 Å². The highest BCUT2D eigenvalue weighted by Crippen LogP contribution is 2.28. The number of aromatic nitrogens is 2. The molecule has 0 unspecified atom stereocenters. The lowest BCUT2D eigenvalue weighted by Crippen LogP contribution is -2.19. The molecule has 0 bridgehead atoms. The van der Waals surface area contributed by atoms with Gasteiger partial charge in [0.15, 0.2) is 0 Å². The first-order valence-corrected chi connectivity index (χ1v) is 4.83. The van der Waals surface area contributed by atoms with E-state index in [1.807, 2.05) is 0 Å². The summed E-state index contributed by atoms with van der Waals surface area (Å²) in [6, 6.07) is 3.50. The molecule has 0 aliphatic rings. The average molecular weight is 227 g/mol. The Morgan fingerprint density at radius 3 is 2.27 bits per heavy atom. The van der Waals surface area contributed by atoms with E-state index in [-0.39, 0.29) is 5.69 Å². The van der Waals surface area contributed by atoms with Crippen molar-refractivity contribution >= 4 is 22.6 Å². The van der Waals surface area contributed by atoms with Gasteiger partial charge < -0.3 is 4.74 Å². The zero-order valence-corrected chi connectivity index (χ0v) is 9.50. The fourth-order valence-corrected chi connectivity index (χ4v) is 1.89. The molecule has 1 aromatic carbocycles. The summed E-state index contributed by atoms with van der Waals surface area (Å²) in [7, 11) is 4.99. The Bertz CT molecular complexity index is 583. The molecule has 0 radical (unpaired) electrons. The molecule has 0 spiro atoms. The van der Waals surface area contributed by atoms with E-state index >= 15 is 0 Å². The Balaban J connectivity index is 2.94. The topological polar surface area (TPSA) is 36.2 Å². The Morgan fingerprint density at radius 2 is 1.73 bits per heavy atom. The molecule has 0 aliphatic heterocycles. The van der Waals surface area contributed by atoms with Crippen LogP contribution in [0.15, 0.2) is 16.9 Å². The van der Waals surface area contributed by atoms with E-state index in [1.54, 1.807) is 42.5 Å². The van der Waals surface area contributed by atoms with Gasteiger partial charge in [-0.1, -0.05) is 11.6 Å². The van der Waals surface area contributed by atoms with Crippen LogP contribution in [0.3, 0.4) is 0 Å². The standard InChI is InChI=1S/C10H11ClN2O2/c1-12-7-4-6(11)9(15-3)5-8(7)13(2)10(12)14/h4-5H,1-3H3. The Hall–Kier alpha value is -1.42. The number of ether oxygens (including phenoxy) is 1. The van der Waals surface area contributed by atoms with E-state index in [1.165, 1.54) is 0 Å². The van der Waals surface area contributed by atoms with Crippen molar-refractivity contribution in [1.29, 1.82) is 0 Å². The van der Waals surface area contributed by atoms with E-state index in [4.69, 9.17) is 16.3 Å². The van der Waals surface area contributed by atoms with Crippen LogP contribution in [0.1, 0.15) is 0 Å². The first-order chi connectivity index (χ1) is 7.06. The molecular formula is C10H11ClN2O2. The van der Waals surface area contributed by atoms with Crippen molar-refractivity contribution in [2.75, 3.05) is 7.11 Å². The van der Waals surface area contributed by atoms with Gasteiger partial charge in [-0.15, -0.1) is 0 Å². The predicted octanol–water partition coefficient (Wildman–Crippen LogP) is 1.54. The number of imidazole rings is 1. The molecule has 0 aliphatic carbocycles. The Morgan fingerprint density at radius 1 is 1.20 bits per heavy atom. The number of hydrogen-bond acceptors (Lipinski definition) is 2. The molecule has 4 nitrogen and oxygen atoms in total. The molecule has 0 saturated heterocycles. The number of rotatable bonds is 1. The van der Waals surface area contributed by atoms with Gasteiger partial charge in [0.05, 0.1) is 23.2 Å². The molecule has 5 heteroatoms. The summed E-state index contributed by atoms with van der Waals surface area (Å²) >= 11 is 5.99. The van der Waals surface area contributed by atoms with Crippen LogP contribution < -0.4 is 10.4 Å². The van der Waals surface area contributed by atoms with E-state index in [9.17, 15) is 4.79 Å². The molecule has 0 N–H and O–H groups in total. The maximum absolute atomic E-state index is 11.6. The molecule has 0 fully saturated rings. The quantitative estimate of drug-likeness (QED) is 0.740. The maximum atomic E-state index is 11.6. The normalized spacial score (nSPS) is 10.9. The fourth-order valence-electron chi connectivity index (χ4n) is 1.66. The first kappa shape index (κ1) is 10.1. The number of hydrogen-bond donors (Lipinski definition) is 0. The van der Waals surface area contributed by atoms with Crippen molar-refractivity contribution in [1.82, 2.24) is 9.13 Å². The third kappa shape index (κ3) is 1.33. The second-order valence-electron chi connectivity index (χ2n) is 3.38. The van der Waals surface area contributed by atoms with E-state index in [0.29, 0.717) is 10.8 Å². The summed E-state index contributed by atoms with van der Waals surface area (Å²) < 4.78 is 8.22. The zero-order chi connectivity index (χ0) is 11.2. The molecule has 1 heterocycles. The lowest BCUT2D eigenvalue weighted by atomic mass is 10.3. The summed E-state index contributed by atoms with van der Waals surface area (Å²) in [5.41, 5.74) is 1.53. The molecule has 0 saturated carbocycles. The monoisotopic (exact) mass is 226 g/mol. The minimum absolute atomic E-state index is 0.0747. The van der Waals surface area contributed by atoms with Crippen LogP contribution in [-0.2, 0) is 14.1 Å². The highest BCUT2D eigenvalue weighted by Gasteiger charge is 2.11. The van der Waals surface area contributed by atoms with Crippen molar-refractivity contribution in [3.63, 3.8) is 0 Å². The van der Waals surface area contributed by atoms with Gasteiger partial charge >= 0.3 is 5.69 Å². The molecule has 0 amide bonds. The summed E-state index contributed by atoms with van der Waals surface area (Å²) in [5.74, 6) is 0.574. The van der Waals surface area contributed by atoms with Gasteiger partial charge in [0.1, 0.15) is 5.75 Å². The summed E-state index contributed by atoms with van der Waals surface area (Å²) in [5, 5.41) is 0.506. The number of benzene rings is 1. The number of halogens is 1. The second kappa shape index (κ2) is 3.31. The lowest BCUT2D eigenvalue weighted by Gasteiger charge is -2.03. The van der Waals surface area contributed by atoms with Gasteiger partial charge in [-0.2, -0.15) is 0 Å².